The number of nitrogens with zero attached hydrogens (tertiary/aromatic N) is 4. The van der Waals surface area contributed by atoms with E-state index in [1.54, 1.807) is 6.07 Å². The number of sulfone groups is 1. The van der Waals surface area contributed by atoms with Crippen LogP contribution in [-0.4, -0.2) is 60.8 Å². The molecule has 2 aromatic carbocycles. The second-order valence-corrected chi connectivity index (χ2v) is 12.3. The minimum atomic E-state index is -4.54. The van der Waals surface area contributed by atoms with Gasteiger partial charge in [-0.15, -0.1) is 10.2 Å². The summed E-state index contributed by atoms with van der Waals surface area (Å²) in [7, 11) is -8.56. The Morgan fingerprint density at radius 3 is 2.42 bits per heavy atom. The van der Waals surface area contributed by atoms with Gasteiger partial charge in [-0.05, 0) is 29.3 Å². The molecule has 1 aliphatic rings. The Balaban J connectivity index is 1.92. The van der Waals surface area contributed by atoms with E-state index < -0.39 is 34.9 Å². The quantitative estimate of drug-likeness (QED) is 0.294. The average Bonchev–Trinajstić information content (AvgIpc) is 3.34. The molecule has 0 radical (unpaired) electrons. The lowest BCUT2D eigenvalue weighted by atomic mass is 9.97. The number of primary sulfonamides is 1. The number of anilines is 1. The zero-order valence-electron chi connectivity index (χ0n) is 17.1. The van der Waals surface area contributed by atoms with Crippen LogP contribution >= 0.6 is 11.3 Å². The normalized spacial score (nSPS) is 15.1. The van der Waals surface area contributed by atoms with Gasteiger partial charge in [0.2, 0.25) is 15.8 Å². The highest BCUT2D eigenvalue weighted by Crippen LogP contribution is 2.43. The number of hydrogen-bond donors (Lipinski definition) is 4. The number of aryl methyl sites for hydroxylation is 1. The number of sulfonamides is 1. The number of aromatic nitrogens is 5. The van der Waals surface area contributed by atoms with E-state index in [1.807, 2.05) is 13.0 Å². The predicted octanol–water partition coefficient (Wildman–Crippen LogP) is 0.427. The maximum absolute atomic E-state index is 13.3. The first-order valence-electron chi connectivity index (χ1n) is 9.63. The smallest absolute Gasteiger partial charge is 0.240 e. The molecule has 0 unspecified atom stereocenters. The van der Waals surface area contributed by atoms with Crippen molar-refractivity contribution in [2.24, 2.45) is 5.14 Å². The lowest BCUT2D eigenvalue weighted by molar-refractivity contribution is 0.493. The van der Waals surface area contributed by atoms with Gasteiger partial charge in [-0.2, -0.15) is 5.21 Å². The Labute approximate surface area is 192 Å². The second kappa shape index (κ2) is 7.53. The van der Waals surface area contributed by atoms with Gasteiger partial charge in [0.1, 0.15) is 4.90 Å². The molecule has 0 saturated carbocycles. The fraction of sp³-hybridized carbons (Fsp3) is 0.222. The van der Waals surface area contributed by atoms with E-state index in [-0.39, 0.29) is 24.5 Å². The van der Waals surface area contributed by atoms with E-state index in [0.29, 0.717) is 21.8 Å². The molecule has 3 heterocycles. The minimum Gasteiger partial charge on any atom is -0.375 e. The number of nitrogen functional groups attached to an aromatic ring is 1. The molecule has 6 N–H and O–H groups in total. The third kappa shape index (κ3) is 3.48. The van der Waals surface area contributed by atoms with Gasteiger partial charge in [0, 0.05) is 18.7 Å². The molecule has 0 bridgehead atoms. The van der Waals surface area contributed by atoms with Crippen molar-refractivity contribution in [1.29, 1.82) is 0 Å². The van der Waals surface area contributed by atoms with Gasteiger partial charge < -0.3 is 11.1 Å². The van der Waals surface area contributed by atoms with Gasteiger partial charge in [-0.3, -0.25) is 0 Å². The first kappa shape index (κ1) is 21.8. The minimum absolute atomic E-state index is 0.0728. The summed E-state index contributed by atoms with van der Waals surface area (Å²) in [5, 5.41) is 21.7. The van der Waals surface area contributed by atoms with E-state index in [0.717, 1.165) is 10.3 Å². The number of H-pyrrole nitrogens is 1. The van der Waals surface area contributed by atoms with E-state index in [4.69, 9.17) is 10.9 Å². The zero-order chi connectivity index (χ0) is 23.5. The molecule has 5 rings (SSSR count). The first-order chi connectivity index (χ1) is 15.6. The number of nitrogens with two attached hydrogens (primary N) is 2. The number of hydrogen-bond acceptors (Lipinski definition) is 11. The van der Waals surface area contributed by atoms with Crippen LogP contribution in [0.5, 0.6) is 0 Å². The summed E-state index contributed by atoms with van der Waals surface area (Å²) in [6.07, 6.45) is 0. The molecule has 1 aliphatic heterocycles. The number of tetrazole rings is 1. The number of nitrogens with one attached hydrogen (secondary N) is 2. The zero-order valence-corrected chi connectivity index (χ0v) is 19.6. The number of thiazole rings is 1. The molecule has 15 heteroatoms. The molecule has 33 heavy (non-hydrogen) atoms. The van der Waals surface area contributed by atoms with Gasteiger partial charge in [0.15, 0.2) is 15.0 Å². The summed E-state index contributed by atoms with van der Waals surface area (Å²) in [5.74, 6) is -0.116. The van der Waals surface area contributed by atoms with Crippen LogP contribution in [0.2, 0.25) is 0 Å². The highest BCUT2D eigenvalue weighted by molar-refractivity contribution is 7.94. The Hall–Kier alpha value is -2.98. The Morgan fingerprint density at radius 2 is 1.82 bits per heavy atom. The van der Waals surface area contributed by atoms with Crippen LogP contribution in [0.15, 0.2) is 34.1 Å². The summed E-state index contributed by atoms with van der Waals surface area (Å²) in [4.78, 5) is 3.43. The topological polar surface area (TPSA) is 200 Å². The Bertz CT molecular complexity index is 1610. The molecule has 0 spiro atoms. The van der Waals surface area contributed by atoms with E-state index in [9.17, 15) is 16.8 Å². The SMILES string of the molecule is Cc1ccc(-c2ccc(S(=O)(=O)C3CNC3)c(S(N)(=O)=O)c2-c2nn[nH]n2)c2nc(N)sc12. The van der Waals surface area contributed by atoms with Crippen molar-refractivity contribution >= 4 is 46.5 Å². The van der Waals surface area contributed by atoms with Crippen molar-refractivity contribution in [3.8, 4) is 22.5 Å². The van der Waals surface area contributed by atoms with Crippen molar-refractivity contribution in [1.82, 2.24) is 30.9 Å². The Kier molecular flexibility index (Phi) is 4.98. The molecular formula is C18H18N8O4S3. The highest BCUT2D eigenvalue weighted by Gasteiger charge is 2.39. The Morgan fingerprint density at radius 1 is 1.09 bits per heavy atom. The average molecular weight is 507 g/mol. The monoisotopic (exact) mass is 506 g/mol. The molecule has 0 aliphatic carbocycles. The molecule has 2 aromatic heterocycles. The number of fused-ring (bicyclic) bond motifs is 1. The van der Waals surface area contributed by atoms with Crippen LogP contribution in [0.25, 0.3) is 32.7 Å². The lowest BCUT2D eigenvalue weighted by Crippen LogP contribution is -2.51. The molecule has 1 saturated heterocycles. The fourth-order valence-corrected chi connectivity index (χ4v) is 7.82. The molecular weight excluding hydrogens is 488 g/mol. The summed E-state index contributed by atoms with van der Waals surface area (Å²) in [6, 6.07) is 6.37. The molecule has 4 aromatic rings. The number of benzene rings is 2. The van der Waals surface area contributed by atoms with Crippen LogP contribution in [0.3, 0.4) is 0 Å². The fourth-order valence-electron chi connectivity index (χ4n) is 3.81. The van der Waals surface area contributed by atoms with E-state index in [2.05, 4.69) is 30.9 Å². The second-order valence-electron chi connectivity index (χ2n) is 7.58. The van der Waals surface area contributed by atoms with Gasteiger partial charge in [0.05, 0.1) is 25.9 Å². The van der Waals surface area contributed by atoms with Crippen molar-refractivity contribution in [2.75, 3.05) is 18.8 Å². The maximum Gasteiger partial charge on any atom is 0.240 e. The number of aromatic amines is 1. The standard InChI is InChI=1S/C18H18N8O4S3/c1-8-2-3-11(14-15(8)31-18(19)22-14)10-4-5-12(32(27,28)9-6-21-7-9)16(33(20,29)30)13(10)17-23-25-26-24-17/h2-5,9,21H,6-7H2,1H3,(H2,19,22)(H2,20,29,30)(H,23,24,25,26). The molecule has 0 amide bonds. The van der Waals surface area contributed by atoms with E-state index >= 15 is 0 Å². The largest absolute Gasteiger partial charge is 0.375 e. The highest BCUT2D eigenvalue weighted by atomic mass is 32.2. The molecule has 172 valence electrons. The summed E-state index contributed by atoms with van der Waals surface area (Å²) in [6.45, 7) is 2.33. The predicted molar refractivity (Wildman–Crippen MR) is 123 cm³/mol. The van der Waals surface area contributed by atoms with Crippen molar-refractivity contribution in [3.05, 3.63) is 29.8 Å². The third-order valence-electron chi connectivity index (χ3n) is 5.51. The summed E-state index contributed by atoms with van der Waals surface area (Å²) < 4.78 is 53.0. The van der Waals surface area contributed by atoms with E-state index in [1.165, 1.54) is 23.5 Å². The summed E-state index contributed by atoms with van der Waals surface area (Å²) >= 11 is 1.29. The van der Waals surface area contributed by atoms with Gasteiger partial charge in [-0.1, -0.05) is 29.5 Å². The van der Waals surface area contributed by atoms with Gasteiger partial charge in [-0.25, -0.2) is 27.0 Å². The number of rotatable bonds is 5. The van der Waals surface area contributed by atoms with Crippen LogP contribution in [-0.2, 0) is 19.9 Å². The molecule has 12 nitrogen and oxygen atoms in total. The van der Waals surface area contributed by atoms with Crippen LogP contribution in [0, 0.1) is 6.92 Å². The molecule has 0 atom stereocenters. The summed E-state index contributed by atoms with van der Waals surface area (Å²) in [5.41, 5.74) is 8.21. The molecule has 1 fully saturated rings. The maximum atomic E-state index is 13.3. The van der Waals surface area contributed by atoms with Crippen molar-refractivity contribution in [3.63, 3.8) is 0 Å². The van der Waals surface area contributed by atoms with Crippen LogP contribution < -0.4 is 16.2 Å². The van der Waals surface area contributed by atoms with Crippen LogP contribution in [0.4, 0.5) is 5.13 Å². The lowest BCUT2D eigenvalue weighted by Gasteiger charge is -2.28. The van der Waals surface area contributed by atoms with Crippen LogP contribution in [0.1, 0.15) is 5.56 Å². The first-order valence-corrected chi connectivity index (χ1v) is 13.5. The van der Waals surface area contributed by atoms with Gasteiger partial charge in [0.25, 0.3) is 0 Å². The van der Waals surface area contributed by atoms with Crippen molar-refractivity contribution < 1.29 is 16.8 Å². The third-order valence-corrected chi connectivity index (χ3v) is 9.82. The van der Waals surface area contributed by atoms with Gasteiger partial charge >= 0.3 is 0 Å². The van der Waals surface area contributed by atoms with Crippen molar-refractivity contribution in [2.45, 2.75) is 22.0 Å².